The maximum atomic E-state index is 14.0. The average Bonchev–Trinajstić information content (AvgIpc) is 3.78. The third-order valence-electron chi connectivity index (χ3n) is 10.4. The van der Waals surface area contributed by atoms with Crippen LogP contribution in [0.1, 0.15) is 69.1 Å². The molecular weight excluding hydrogens is 792 g/mol. The number of rotatable bonds is 12. The SMILES string of the molecule is CC1(C)O[C@H]2[C@@H](O1)[C@@H](CO[C@@H]1O[C@H](COC(=O)c3ccccc3)[C@@H](OC(=O)c3ccccc3)[C@H](OC(=O)c3ccccc3)[C@H]1OC(=O)c1ccccc1)O[C@@H]1OC(C)(C)O[C@@H]12. The molecule has 15 nitrogen and oxygen atoms in total. The fourth-order valence-electron chi connectivity index (χ4n) is 7.68. The molecule has 10 atom stereocenters. The van der Waals surface area contributed by atoms with Gasteiger partial charge in [-0.2, -0.15) is 0 Å². The quantitative estimate of drug-likeness (QED) is 0.126. The first kappa shape index (κ1) is 42.2. The molecule has 0 spiro atoms. The summed E-state index contributed by atoms with van der Waals surface area (Å²) in [5, 5.41) is 0. The highest BCUT2D eigenvalue weighted by atomic mass is 16.9. The van der Waals surface area contributed by atoms with Gasteiger partial charge in [0.1, 0.15) is 37.1 Å². The van der Waals surface area contributed by atoms with Gasteiger partial charge in [0.2, 0.25) is 0 Å². The van der Waals surface area contributed by atoms with Crippen LogP contribution in [0, 0.1) is 0 Å². The van der Waals surface area contributed by atoms with Gasteiger partial charge in [-0.3, -0.25) is 0 Å². The highest BCUT2D eigenvalue weighted by Crippen LogP contribution is 2.44. The monoisotopic (exact) mass is 838 g/mol. The first-order valence-corrected chi connectivity index (χ1v) is 20.0. The molecule has 4 aromatic rings. The maximum Gasteiger partial charge on any atom is 0.338 e. The van der Waals surface area contributed by atoms with Crippen molar-refractivity contribution in [2.75, 3.05) is 13.2 Å². The summed E-state index contributed by atoms with van der Waals surface area (Å²) in [6.07, 6.45) is -11.3. The summed E-state index contributed by atoms with van der Waals surface area (Å²) >= 11 is 0. The van der Waals surface area contributed by atoms with Crippen LogP contribution in [0.4, 0.5) is 0 Å². The highest BCUT2D eigenvalue weighted by molar-refractivity contribution is 5.91. The Bertz CT molecular complexity index is 2150. The minimum absolute atomic E-state index is 0.152. The Hall–Kier alpha value is -5.52. The van der Waals surface area contributed by atoms with Crippen molar-refractivity contribution in [3.05, 3.63) is 144 Å². The Balaban J connectivity index is 1.16. The van der Waals surface area contributed by atoms with Crippen LogP contribution in [0.15, 0.2) is 121 Å². The Morgan fingerprint density at radius 1 is 0.459 bits per heavy atom. The van der Waals surface area contributed by atoms with E-state index in [2.05, 4.69) is 0 Å². The van der Waals surface area contributed by atoms with Crippen LogP contribution >= 0.6 is 0 Å². The standard InChI is InChI=1S/C46H46O15/c1-45(2)58-34-32(54-44-38(36(34)59-45)60-46(3,4)61-44)26-52-43-37(57-42(50)30-23-15-8-16-24-30)35(56-41(49)29-21-13-7-14-22-29)33(55-40(48)28-19-11-6-12-20-28)31(53-43)25-51-39(47)27-17-9-5-10-18-27/h5-24,31-38,43-44H,25-26H2,1-4H3/t31-,32-,33-,34+,35+,36+,37-,38-,43-,44-/m1/s1. The summed E-state index contributed by atoms with van der Waals surface area (Å²) in [6, 6.07) is 32.6. The second kappa shape index (κ2) is 17.8. The number of carbonyl (C=O) groups is 4. The lowest BCUT2D eigenvalue weighted by Gasteiger charge is -2.45. The molecule has 0 aliphatic carbocycles. The van der Waals surface area contributed by atoms with Gasteiger partial charge >= 0.3 is 23.9 Å². The number of fused-ring (bicyclic) bond motifs is 3. The van der Waals surface area contributed by atoms with Crippen molar-refractivity contribution in [1.29, 1.82) is 0 Å². The summed E-state index contributed by atoms with van der Waals surface area (Å²) in [4.78, 5) is 55.1. The average molecular weight is 839 g/mol. The maximum absolute atomic E-state index is 14.0. The third-order valence-corrected chi connectivity index (χ3v) is 10.4. The van der Waals surface area contributed by atoms with Gasteiger partial charge in [0.05, 0.1) is 28.9 Å². The first-order valence-electron chi connectivity index (χ1n) is 20.0. The van der Waals surface area contributed by atoms with Gasteiger partial charge in [-0.1, -0.05) is 72.8 Å². The summed E-state index contributed by atoms with van der Waals surface area (Å²) in [5.74, 6) is -5.18. The van der Waals surface area contributed by atoms with E-state index in [1.165, 1.54) is 12.1 Å². The molecule has 0 unspecified atom stereocenters. The van der Waals surface area contributed by atoms with Crippen LogP contribution in [-0.2, 0) is 52.1 Å². The van der Waals surface area contributed by atoms with Crippen LogP contribution < -0.4 is 0 Å². The molecule has 0 aromatic heterocycles. The van der Waals surface area contributed by atoms with Crippen molar-refractivity contribution in [3.63, 3.8) is 0 Å². The number of benzene rings is 4. The summed E-state index contributed by atoms with van der Waals surface area (Å²) in [6.45, 7) is 6.29. The van der Waals surface area contributed by atoms with E-state index in [0.717, 1.165) is 0 Å². The number of esters is 4. The number of hydrogen-bond acceptors (Lipinski definition) is 15. The van der Waals surface area contributed by atoms with Crippen LogP contribution in [0.3, 0.4) is 0 Å². The molecule has 4 fully saturated rings. The summed E-state index contributed by atoms with van der Waals surface area (Å²) in [7, 11) is 0. The number of ether oxygens (including phenoxy) is 11. The summed E-state index contributed by atoms with van der Waals surface area (Å²) < 4.78 is 68.4. The molecule has 0 N–H and O–H groups in total. The number of hydrogen-bond donors (Lipinski definition) is 0. The fourth-order valence-corrected chi connectivity index (χ4v) is 7.68. The molecule has 8 rings (SSSR count). The molecule has 0 radical (unpaired) electrons. The van der Waals surface area contributed by atoms with E-state index in [4.69, 9.17) is 52.1 Å². The zero-order valence-electron chi connectivity index (χ0n) is 33.9. The molecule has 61 heavy (non-hydrogen) atoms. The van der Waals surface area contributed by atoms with Crippen LogP contribution in [0.2, 0.25) is 0 Å². The third kappa shape index (κ3) is 9.68. The second-order valence-corrected chi connectivity index (χ2v) is 15.8. The van der Waals surface area contributed by atoms with Crippen molar-refractivity contribution in [2.45, 2.75) is 101 Å². The van der Waals surface area contributed by atoms with E-state index < -0.39 is 103 Å². The lowest BCUT2D eigenvalue weighted by atomic mass is 9.97. The molecule has 0 amide bonds. The van der Waals surface area contributed by atoms with E-state index in [-0.39, 0.29) is 28.9 Å². The molecule has 4 aromatic carbocycles. The van der Waals surface area contributed by atoms with Crippen LogP contribution in [0.25, 0.3) is 0 Å². The molecule has 4 saturated heterocycles. The molecule has 0 saturated carbocycles. The van der Waals surface area contributed by atoms with Gasteiger partial charge in [-0.25, -0.2) is 19.2 Å². The Morgan fingerprint density at radius 2 is 0.885 bits per heavy atom. The fraction of sp³-hybridized carbons (Fsp3) is 0.391. The van der Waals surface area contributed by atoms with E-state index in [0.29, 0.717) is 0 Å². The molecule has 15 heteroatoms. The van der Waals surface area contributed by atoms with Crippen molar-refractivity contribution in [3.8, 4) is 0 Å². The Morgan fingerprint density at radius 3 is 1.41 bits per heavy atom. The van der Waals surface area contributed by atoms with Gasteiger partial charge in [-0.05, 0) is 76.2 Å². The molecule has 320 valence electrons. The molecule has 4 aliphatic heterocycles. The lowest BCUT2D eigenvalue weighted by molar-refractivity contribution is -0.313. The van der Waals surface area contributed by atoms with Gasteiger partial charge in [0.25, 0.3) is 0 Å². The van der Waals surface area contributed by atoms with Crippen molar-refractivity contribution in [2.24, 2.45) is 0 Å². The minimum atomic E-state index is -1.60. The van der Waals surface area contributed by atoms with E-state index >= 15 is 0 Å². The van der Waals surface area contributed by atoms with Crippen LogP contribution in [0.5, 0.6) is 0 Å². The second-order valence-electron chi connectivity index (χ2n) is 15.8. The topological polar surface area (TPSA) is 170 Å². The number of carbonyl (C=O) groups excluding carboxylic acids is 4. The predicted molar refractivity (Wildman–Crippen MR) is 211 cm³/mol. The molecule has 4 heterocycles. The van der Waals surface area contributed by atoms with Crippen molar-refractivity contribution >= 4 is 23.9 Å². The van der Waals surface area contributed by atoms with Gasteiger partial charge in [-0.15, -0.1) is 0 Å². The first-order chi connectivity index (χ1) is 29.3. The van der Waals surface area contributed by atoms with E-state index in [1.54, 1.807) is 137 Å². The van der Waals surface area contributed by atoms with Gasteiger partial charge < -0.3 is 52.1 Å². The predicted octanol–water partition coefficient (Wildman–Crippen LogP) is 5.66. The van der Waals surface area contributed by atoms with Crippen LogP contribution in [-0.4, -0.2) is 110 Å². The van der Waals surface area contributed by atoms with E-state index in [9.17, 15) is 19.2 Å². The minimum Gasteiger partial charge on any atom is -0.459 e. The molecular formula is C46H46O15. The van der Waals surface area contributed by atoms with Crippen molar-refractivity contribution in [1.82, 2.24) is 0 Å². The summed E-state index contributed by atoms with van der Waals surface area (Å²) in [5.41, 5.74) is 0.724. The van der Waals surface area contributed by atoms with E-state index in [1.807, 2.05) is 0 Å². The van der Waals surface area contributed by atoms with Crippen molar-refractivity contribution < 1.29 is 71.3 Å². The lowest BCUT2D eigenvalue weighted by Crippen LogP contribution is -2.64. The largest absolute Gasteiger partial charge is 0.459 e. The molecule has 4 aliphatic rings. The zero-order chi connectivity index (χ0) is 42.7. The smallest absolute Gasteiger partial charge is 0.338 e. The normalized spacial score (nSPS) is 29.6. The highest BCUT2D eigenvalue weighted by Gasteiger charge is 2.61. The Kier molecular flexibility index (Phi) is 12.3. The van der Waals surface area contributed by atoms with Gasteiger partial charge in [0.15, 0.2) is 42.5 Å². The molecule has 0 bridgehead atoms. The zero-order valence-corrected chi connectivity index (χ0v) is 33.9. The Labute approximate surface area is 352 Å². The van der Waals surface area contributed by atoms with Gasteiger partial charge in [0, 0.05) is 0 Å².